The minimum atomic E-state index is 0.948. The second-order valence-electron chi connectivity index (χ2n) is 17.6. The quantitative estimate of drug-likeness (QED) is 0.143. The predicted molar refractivity (Wildman–Crippen MR) is 287 cm³/mol. The summed E-state index contributed by atoms with van der Waals surface area (Å²) in [5.74, 6) is 0. The molecule has 4 heterocycles. The van der Waals surface area contributed by atoms with Gasteiger partial charge < -0.3 is 0 Å². The van der Waals surface area contributed by atoms with Crippen molar-refractivity contribution in [2.45, 2.75) is 0 Å². The van der Waals surface area contributed by atoms with Crippen LogP contribution in [0.5, 0.6) is 0 Å². The lowest BCUT2D eigenvalue weighted by atomic mass is 9.86. The average molecular weight is 879 g/mol. The van der Waals surface area contributed by atoms with Gasteiger partial charge in [0.25, 0.3) is 0 Å². The van der Waals surface area contributed by atoms with Gasteiger partial charge in [0.05, 0.1) is 27.9 Å². The Labute approximate surface area is 400 Å². The molecule has 0 unspecified atom stereocenters. The van der Waals surface area contributed by atoms with Crippen LogP contribution >= 0.6 is 0 Å². The molecule has 4 heteroatoms. The number of hydrogen-bond acceptors (Lipinski definition) is 3. The van der Waals surface area contributed by atoms with Crippen molar-refractivity contribution in [3.05, 3.63) is 255 Å². The number of nitrogens with zero attached hydrogens (tertiary/aromatic N) is 4. The van der Waals surface area contributed by atoms with Crippen LogP contribution < -0.4 is 0 Å². The Morgan fingerprint density at radius 2 is 0.667 bits per heavy atom. The number of imidazole rings is 1. The maximum atomic E-state index is 5.36. The summed E-state index contributed by atoms with van der Waals surface area (Å²) in [5.41, 5.74) is 21.6. The molecule has 4 nitrogen and oxygen atoms in total. The van der Waals surface area contributed by atoms with E-state index in [2.05, 4.69) is 235 Å². The molecular formula is C65H42N4. The van der Waals surface area contributed by atoms with Crippen molar-refractivity contribution in [2.75, 3.05) is 0 Å². The number of para-hydroxylation sites is 1. The third-order valence-electron chi connectivity index (χ3n) is 13.5. The molecule has 13 rings (SSSR count). The van der Waals surface area contributed by atoms with Crippen LogP contribution in [0.2, 0.25) is 0 Å². The minimum absolute atomic E-state index is 0.948. The van der Waals surface area contributed by atoms with E-state index in [1.165, 1.54) is 10.8 Å². The second-order valence-corrected chi connectivity index (χ2v) is 17.6. The van der Waals surface area contributed by atoms with Gasteiger partial charge in [-0.2, -0.15) is 0 Å². The highest BCUT2D eigenvalue weighted by molar-refractivity contribution is 6.14. The summed E-state index contributed by atoms with van der Waals surface area (Å²) < 4.78 is 2.32. The Balaban J connectivity index is 0.983. The van der Waals surface area contributed by atoms with E-state index in [4.69, 9.17) is 15.0 Å². The molecule has 0 saturated carbocycles. The van der Waals surface area contributed by atoms with E-state index in [0.717, 1.165) is 117 Å². The van der Waals surface area contributed by atoms with Gasteiger partial charge in [0.15, 0.2) is 0 Å². The molecule has 0 aliphatic rings. The molecule has 9 aromatic carbocycles. The predicted octanol–water partition coefficient (Wildman–Crippen LogP) is 16.9. The van der Waals surface area contributed by atoms with E-state index in [-0.39, 0.29) is 0 Å². The van der Waals surface area contributed by atoms with Crippen molar-refractivity contribution in [2.24, 2.45) is 0 Å². The van der Waals surface area contributed by atoms with Gasteiger partial charge in [-0.3, -0.25) is 14.4 Å². The SMILES string of the molecule is c1ccc(-c2ccc(-c3ccccc3-c3cc(-c4ccccc4-c4ccc(-c5ccccc5)nc4)cc(-c4ccccc4-c4ccc5c(c4)nc4c6ccccc6c6ccccc6n54)c3)cn2)cc1. The van der Waals surface area contributed by atoms with E-state index in [0.29, 0.717) is 0 Å². The van der Waals surface area contributed by atoms with Crippen LogP contribution in [-0.2, 0) is 0 Å². The van der Waals surface area contributed by atoms with Gasteiger partial charge in [0.2, 0.25) is 0 Å². The van der Waals surface area contributed by atoms with Gasteiger partial charge in [0, 0.05) is 45.4 Å². The van der Waals surface area contributed by atoms with Gasteiger partial charge in [-0.1, -0.05) is 194 Å². The zero-order valence-electron chi connectivity index (χ0n) is 37.5. The fourth-order valence-corrected chi connectivity index (χ4v) is 10.2. The summed E-state index contributed by atoms with van der Waals surface area (Å²) in [4.78, 5) is 15.3. The molecule has 0 atom stereocenters. The summed E-state index contributed by atoms with van der Waals surface area (Å²) in [6.07, 6.45) is 4.01. The maximum absolute atomic E-state index is 5.36. The molecule has 0 N–H and O–H groups in total. The Morgan fingerprint density at radius 1 is 0.261 bits per heavy atom. The highest BCUT2D eigenvalue weighted by atomic mass is 15.0. The molecular weight excluding hydrogens is 837 g/mol. The zero-order valence-corrected chi connectivity index (χ0v) is 37.5. The largest absolute Gasteiger partial charge is 0.292 e. The number of benzene rings is 9. The second kappa shape index (κ2) is 16.9. The molecule has 4 aromatic heterocycles. The fraction of sp³-hybridized carbons (Fsp3) is 0. The summed E-state index contributed by atoms with van der Waals surface area (Å²) in [5, 5.41) is 3.57. The lowest BCUT2D eigenvalue weighted by molar-refractivity contribution is 1.31. The zero-order chi connectivity index (χ0) is 45.7. The van der Waals surface area contributed by atoms with Gasteiger partial charge in [-0.25, -0.2) is 4.98 Å². The van der Waals surface area contributed by atoms with Crippen molar-refractivity contribution in [3.8, 4) is 89.3 Å². The summed E-state index contributed by atoms with van der Waals surface area (Å²) in [7, 11) is 0. The number of hydrogen-bond donors (Lipinski definition) is 0. The van der Waals surface area contributed by atoms with Crippen molar-refractivity contribution in [3.63, 3.8) is 0 Å². The molecule has 0 aliphatic carbocycles. The fourth-order valence-electron chi connectivity index (χ4n) is 10.2. The number of pyridine rings is 3. The van der Waals surface area contributed by atoms with Crippen molar-refractivity contribution in [1.29, 1.82) is 0 Å². The van der Waals surface area contributed by atoms with Crippen molar-refractivity contribution < 1.29 is 0 Å². The summed E-state index contributed by atoms with van der Waals surface area (Å²) >= 11 is 0. The smallest absolute Gasteiger partial charge is 0.146 e. The Kier molecular flexibility index (Phi) is 9.80. The topological polar surface area (TPSA) is 43.1 Å². The highest BCUT2D eigenvalue weighted by Gasteiger charge is 2.19. The molecule has 0 bridgehead atoms. The average Bonchev–Trinajstić information content (AvgIpc) is 3.83. The van der Waals surface area contributed by atoms with Crippen LogP contribution in [0.4, 0.5) is 0 Å². The van der Waals surface area contributed by atoms with E-state index in [9.17, 15) is 0 Å². The summed E-state index contributed by atoms with van der Waals surface area (Å²) in [6.45, 7) is 0. The van der Waals surface area contributed by atoms with Crippen LogP contribution in [0.3, 0.4) is 0 Å². The maximum Gasteiger partial charge on any atom is 0.146 e. The van der Waals surface area contributed by atoms with E-state index in [1.807, 2.05) is 24.5 Å². The Bertz CT molecular complexity index is 3900. The third-order valence-corrected chi connectivity index (χ3v) is 13.5. The molecule has 0 aliphatic heterocycles. The Hall–Kier alpha value is -9.25. The standard InChI is InChI=1S/C65H42N4/c1-3-17-43(18-4-1)60-34-31-46(41-66-60)52-22-8-11-25-55(52)49-37-48(38-50(39-49)56-26-12-9-23-53(56)47-32-35-61(67-42-47)44-19-5-2-6-20-44)54-24-10-7-21-51(54)45-33-36-64-62(40-45)68-65-59-29-14-13-27-57(59)58-28-15-16-30-63(58)69(64)65/h1-42H. The molecule has 0 radical (unpaired) electrons. The van der Waals surface area contributed by atoms with Crippen molar-refractivity contribution in [1.82, 2.24) is 19.4 Å². The number of fused-ring (bicyclic) bond motifs is 8. The van der Waals surface area contributed by atoms with Gasteiger partial charge in [0.1, 0.15) is 5.65 Å². The van der Waals surface area contributed by atoms with Gasteiger partial charge in [-0.15, -0.1) is 0 Å². The Morgan fingerprint density at radius 3 is 1.16 bits per heavy atom. The summed E-state index contributed by atoms with van der Waals surface area (Å²) in [6, 6.07) is 86.6. The minimum Gasteiger partial charge on any atom is -0.292 e. The first-order chi connectivity index (χ1) is 34.2. The third kappa shape index (κ3) is 7.14. The molecule has 0 fully saturated rings. The first kappa shape index (κ1) is 40.1. The number of rotatable bonds is 8. The van der Waals surface area contributed by atoms with Crippen LogP contribution in [0.1, 0.15) is 0 Å². The normalized spacial score (nSPS) is 11.5. The lowest BCUT2D eigenvalue weighted by Crippen LogP contribution is -1.93. The van der Waals surface area contributed by atoms with Crippen LogP contribution in [-0.4, -0.2) is 19.4 Å². The van der Waals surface area contributed by atoms with Gasteiger partial charge >= 0.3 is 0 Å². The number of aromatic nitrogens is 4. The van der Waals surface area contributed by atoms with Crippen LogP contribution in [0, 0.1) is 0 Å². The molecule has 69 heavy (non-hydrogen) atoms. The monoisotopic (exact) mass is 878 g/mol. The van der Waals surface area contributed by atoms with Crippen molar-refractivity contribution >= 4 is 38.4 Å². The van der Waals surface area contributed by atoms with E-state index < -0.39 is 0 Å². The molecule has 0 saturated heterocycles. The lowest BCUT2D eigenvalue weighted by Gasteiger charge is -2.18. The molecule has 0 amide bonds. The van der Waals surface area contributed by atoms with E-state index in [1.54, 1.807) is 0 Å². The first-order valence-corrected chi connectivity index (χ1v) is 23.4. The van der Waals surface area contributed by atoms with Crippen LogP contribution in [0.25, 0.3) is 128 Å². The molecule has 13 aromatic rings. The van der Waals surface area contributed by atoms with Crippen LogP contribution in [0.15, 0.2) is 255 Å². The first-order valence-electron chi connectivity index (χ1n) is 23.4. The molecule has 0 spiro atoms. The van der Waals surface area contributed by atoms with E-state index >= 15 is 0 Å². The molecule has 322 valence electrons. The van der Waals surface area contributed by atoms with Gasteiger partial charge in [-0.05, 0) is 110 Å². The highest BCUT2D eigenvalue weighted by Crippen LogP contribution is 2.43.